The van der Waals surface area contributed by atoms with E-state index in [-0.39, 0.29) is 28.2 Å². The molecule has 0 amide bonds. The van der Waals surface area contributed by atoms with Gasteiger partial charge in [-0.3, -0.25) is 0 Å². The predicted molar refractivity (Wildman–Crippen MR) is 212 cm³/mol. The molecule has 2 aliphatic rings. The van der Waals surface area contributed by atoms with Crippen molar-refractivity contribution in [1.82, 2.24) is 0 Å². The quantitative estimate of drug-likeness (QED) is 0.0502. The van der Waals surface area contributed by atoms with Gasteiger partial charge in [0.05, 0.1) is 29.5 Å². The topological polar surface area (TPSA) is 162 Å². The molecular formula is C43H40N8O. The Morgan fingerprint density at radius 2 is 1.19 bits per heavy atom. The monoisotopic (exact) mass is 684 g/mol. The third kappa shape index (κ3) is 4.63. The van der Waals surface area contributed by atoms with E-state index in [2.05, 4.69) is 48.1 Å². The van der Waals surface area contributed by atoms with Crippen molar-refractivity contribution in [3.8, 4) is 6.07 Å². The van der Waals surface area contributed by atoms with Gasteiger partial charge in [0.25, 0.3) is 5.70 Å². The SMILES string of the molecule is [C-]#[N+]/C(C#N)=C1\C(=C2c3c(N)cccc3C(=[N+](CC)CC)c3cccc(N)c32)C([O-])=C1c1c2c(N)cccc2c(N(CC)CC)c2cccc(N)c12. The second-order valence-electron chi connectivity index (χ2n) is 12.9. The van der Waals surface area contributed by atoms with Crippen LogP contribution in [0.2, 0.25) is 0 Å². The first-order valence-corrected chi connectivity index (χ1v) is 17.5. The van der Waals surface area contributed by atoms with Gasteiger partial charge in [0, 0.05) is 85.2 Å². The summed E-state index contributed by atoms with van der Waals surface area (Å²) in [6.45, 7) is 19.5. The molecule has 0 spiro atoms. The van der Waals surface area contributed by atoms with Crippen molar-refractivity contribution in [1.29, 1.82) is 5.26 Å². The standard InChI is InChI=1S/C43H40N8O/c1-6-50(7-2)41-23-14-10-18-27(45)32(23)37(33-24(41)15-11-19-28(33)46)39-36(31(22-44)49-5)40(43(39)52)38-34-25(16-12-20-29(34)47)42(51(8-3)9-4)26-17-13-21-30(48)35(26)38/h10-21H,6-9,45-48H2,1-4H3. The summed E-state index contributed by atoms with van der Waals surface area (Å²) < 4.78 is 2.25. The van der Waals surface area contributed by atoms with E-state index in [9.17, 15) is 5.26 Å². The number of nitrogen functional groups attached to an aromatic ring is 4. The maximum absolute atomic E-state index is 15.3. The van der Waals surface area contributed by atoms with E-state index in [1.54, 1.807) is 24.3 Å². The zero-order valence-electron chi connectivity index (χ0n) is 29.8. The van der Waals surface area contributed by atoms with Crippen LogP contribution >= 0.6 is 0 Å². The number of fused-ring (bicyclic) bond motifs is 4. The Bertz CT molecular complexity index is 2450. The Morgan fingerprint density at radius 1 is 0.712 bits per heavy atom. The Balaban J connectivity index is 1.73. The van der Waals surface area contributed by atoms with Crippen LogP contribution in [-0.4, -0.2) is 36.5 Å². The maximum Gasteiger partial charge on any atom is 0.270 e. The third-order valence-corrected chi connectivity index (χ3v) is 10.5. The lowest BCUT2D eigenvalue weighted by molar-refractivity contribution is -0.519. The molecule has 0 bridgehead atoms. The van der Waals surface area contributed by atoms with Crippen LogP contribution in [0.15, 0.2) is 95.4 Å². The first kappa shape index (κ1) is 33.8. The molecule has 258 valence electrons. The van der Waals surface area contributed by atoms with Gasteiger partial charge in [-0.1, -0.05) is 42.2 Å². The van der Waals surface area contributed by atoms with Crippen molar-refractivity contribution in [2.24, 2.45) is 0 Å². The summed E-state index contributed by atoms with van der Waals surface area (Å²) >= 11 is 0. The van der Waals surface area contributed by atoms with Crippen molar-refractivity contribution < 1.29 is 9.68 Å². The van der Waals surface area contributed by atoms with Crippen molar-refractivity contribution in [3.63, 3.8) is 0 Å². The van der Waals surface area contributed by atoms with E-state index in [4.69, 9.17) is 29.5 Å². The Hall–Kier alpha value is -6.71. The minimum atomic E-state index is -0.346. The summed E-state index contributed by atoms with van der Waals surface area (Å²) in [6, 6.07) is 24.9. The Kier molecular flexibility index (Phi) is 8.36. The van der Waals surface area contributed by atoms with Gasteiger partial charge in [-0.2, -0.15) is 0 Å². The van der Waals surface area contributed by atoms with E-state index in [0.29, 0.717) is 55.8 Å². The largest absolute Gasteiger partial charge is 0.872 e. The number of nitriles is 1. The second-order valence-corrected chi connectivity index (χ2v) is 12.9. The van der Waals surface area contributed by atoms with Crippen LogP contribution in [0, 0.1) is 17.9 Å². The van der Waals surface area contributed by atoms with Crippen molar-refractivity contribution in [2.45, 2.75) is 27.7 Å². The molecule has 52 heavy (non-hydrogen) atoms. The molecule has 0 heterocycles. The molecule has 0 aromatic heterocycles. The zero-order chi connectivity index (χ0) is 37.0. The van der Waals surface area contributed by atoms with Crippen LogP contribution in [0.25, 0.3) is 37.5 Å². The second kappa shape index (κ2) is 12.9. The molecule has 0 unspecified atom stereocenters. The minimum absolute atomic E-state index is 0.220. The third-order valence-electron chi connectivity index (χ3n) is 10.5. The van der Waals surface area contributed by atoms with Gasteiger partial charge in [0.15, 0.2) is 0 Å². The van der Waals surface area contributed by atoms with Crippen LogP contribution in [-0.2, 0) is 0 Å². The summed E-state index contributed by atoms with van der Waals surface area (Å²) in [6.07, 6.45) is 0. The average molecular weight is 685 g/mol. The number of nitrogens with zero attached hydrogens (tertiary/aromatic N) is 4. The molecule has 7 rings (SSSR count). The molecule has 5 aromatic rings. The van der Waals surface area contributed by atoms with E-state index in [1.807, 2.05) is 48.5 Å². The van der Waals surface area contributed by atoms with Gasteiger partial charge in [-0.15, -0.1) is 0 Å². The summed E-state index contributed by atoms with van der Waals surface area (Å²) in [5.74, 6) is -0.346. The van der Waals surface area contributed by atoms with E-state index < -0.39 is 0 Å². The van der Waals surface area contributed by atoms with Gasteiger partial charge in [0.1, 0.15) is 13.1 Å². The summed E-state index contributed by atoms with van der Waals surface area (Å²) in [5.41, 5.74) is 35.5. The van der Waals surface area contributed by atoms with Crippen LogP contribution < -0.4 is 32.9 Å². The molecule has 0 aliphatic heterocycles. The molecule has 0 atom stereocenters. The van der Waals surface area contributed by atoms with Gasteiger partial charge < -0.3 is 32.9 Å². The summed E-state index contributed by atoms with van der Waals surface area (Å²) in [7, 11) is 0. The maximum atomic E-state index is 15.3. The number of nitrogens with two attached hydrogens (primary N) is 4. The van der Waals surface area contributed by atoms with Crippen LogP contribution in [0.3, 0.4) is 0 Å². The number of hydrogen-bond acceptors (Lipinski definition) is 7. The fourth-order valence-corrected chi connectivity index (χ4v) is 8.25. The van der Waals surface area contributed by atoms with Crippen molar-refractivity contribution in [3.05, 3.63) is 135 Å². The highest BCUT2D eigenvalue weighted by Gasteiger charge is 2.40. The average Bonchev–Trinajstić information content (AvgIpc) is 3.14. The molecular weight excluding hydrogens is 645 g/mol. The molecule has 2 aliphatic carbocycles. The first-order chi connectivity index (χ1) is 25.2. The predicted octanol–water partition coefficient (Wildman–Crippen LogP) is 6.66. The lowest BCUT2D eigenvalue weighted by Crippen LogP contribution is -2.31. The highest BCUT2D eigenvalue weighted by Crippen LogP contribution is 2.57. The molecule has 0 fully saturated rings. The Morgan fingerprint density at radius 3 is 1.63 bits per heavy atom. The lowest BCUT2D eigenvalue weighted by atomic mass is 9.68. The molecule has 9 nitrogen and oxygen atoms in total. The number of allylic oxidation sites excluding steroid dienone is 3. The first-order valence-electron chi connectivity index (χ1n) is 17.5. The normalized spacial score (nSPS) is 14.5. The number of rotatable bonds is 6. The zero-order valence-corrected chi connectivity index (χ0v) is 29.8. The van der Waals surface area contributed by atoms with Crippen molar-refractivity contribution >= 4 is 66.8 Å². The van der Waals surface area contributed by atoms with Crippen LogP contribution in [0.5, 0.6) is 0 Å². The molecule has 8 N–H and O–H groups in total. The van der Waals surface area contributed by atoms with Gasteiger partial charge >= 0.3 is 0 Å². The lowest BCUT2D eigenvalue weighted by Gasteiger charge is -2.41. The molecule has 0 saturated carbocycles. The summed E-state index contributed by atoms with van der Waals surface area (Å²) in [5, 5.41) is 28.8. The molecule has 9 heteroatoms. The van der Waals surface area contributed by atoms with Crippen molar-refractivity contribution in [2.75, 3.05) is 54.0 Å². The highest BCUT2D eigenvalue weighted by atomic mass is 16.3. The van der Waals surface area contributed by atoms with Crippen LogP contribution in [0.1, 0.15) is 55.5 Å². The highest BCUT2D eigenvalue weighted by molar-refractivity contribution is 6.28. The van der Waals surface area contributed by atoms with E-state index in [0.717, 1.165) is 59.5 Å². The number of hydrogen-bond donors (Lipinski definition) is 4. The molecule has 0 saturated heterocycles. The van der Waals surface area contributed by atoms with E-state index in [1.165, 1.54) is 0 Å². The van der Waals surface area contributed by atoms with Crippen LogP contribution in [0.4, 0.5) is 28.4 Å². The fraction of sp³-hybridized carbons (Fsp3) is 0.186. The number of benzene rings is 5. The van der Waals surface area contributed by atoms with Gasteiger partial charge in [0.2, 0.25) is 5.71 Å². The summed E-state index contributed by atoms with van der Waals surface area (Å²) in [4.78, 5) is 5.95. The van der Waals surface area contributed by atoms with Gasteiger partial charge in [-0.05, 0) is 75.2 Å². The van der Waals surface area contributed by atoms with Gasteiger partial charge in [-0.25, -0.2) is 14.7 Å². The number of anilines is 5. The fourth-order valence-electron chi connectivity index (χ4n) is 8.25. The Labute approximate surface area is 303 Å². The van der Waals surface area contributed by atoms with E-state index >= 15 is 5.11 Å². The smallest absolute Gasteiger partial charge is 0.270 e. The molecule has 0 radical (unpaired) electrons. The minimum Gasteiger partial charge on any atom is -0.872 e. The molecule has 5 aromatic carbocycles.